The van der Waals surface area contributed by atoms with Gasteiger partial charge in [-0.2, -0.15) is 0 Å². The highest BCUT2D eigenvalue weighted by Gasteiger charge is 2.74. The van der Waals surface area contributed by atoms with Crippen LogP contribution < -0.4 is 5.32 Å². The second-order valence-electron chi connectivity index (χ2n) is 12.3. The number of carbonyl (C=O) groups excluding carboxylic acids is 4. The molecule has 2 N–H and O–H groups in total. The normalized spacial score (nSPS) is 29.1. The van der Waals surface area contributed by atoms with Crippen molar-refractivity contribution in [2.24, 2.45) is 11.3 Å². The fourth-order valence-electron chi connectivity index (χ4n) is 7.24. The number of piperidine rings is 1. The van der Waals surface area contributed by atoms with E-state index in [9.17, 15) is 19.2 Å². The molecule has 0 amide bonds. The molecule has 46 heavy (non-hydrogen) atoms. The molecule has 2 bridgehead atoms. The molecule has 2 aromatic rings. The number of nitrogens with zero attached hydrogens (tertiary/aromatic N) is 3. The number of fused-ring (bicyclic) bond motifs is 1. The van der Waals surface area contributed by atoms with Gasteiger partial charge in [-0.05, 0) is 89.7 Å². The predicted octanol–water partition coefficient (Wildman–Crippen LogP) is 4.53. The van der Waals surface area contributed by atoms with E-state index >= 15 is 0 Å². The van der Waals surface area contributed by atoms with E-state index in [0.29, 0.717) is 53.0 Å². The molecule has 4 aliphatic rings. The van der Waals surface area contributed by atoms with Crippen LogP contribution in [0.1, 0.15) is 72.1 Å². The summed E-state index contributed by atoms with van der Waals surface area (Å²) in [6, 6.07) is 0. The summed E-state index contributed by atoms with van der Waals surface area (Å²) in [6.45, 7) is 7.31. The number of methoxy groups -OCH3 is 1. The summed E-state index contributed by atoms with van der Waals surface area (Å²) in [6.07, 6.45) is 15.7. The van der Waals surface area contributed by atoms with Crippen molar-refractivity contribution in [1.82, 2.24) is 25.3 Å². The Morgan fingerprint density at radius 1 is 1.11 bits per heavy atom. The van der Waals surface area contributed by atoms with Crippen molar-refractivity contribution < 1.29 is 33.4 Å². The Kier molecular flexibility index (Phi) is 10.1. The van der Waals surface area contributed by atoms with Crippen LogP contribution in [0, 0.1) is 11.3 Å². The molecule has 4 atom stereocenters. The maximum absolute atomic E-state index is 13.7. The number of hydrogen-bond acceptors (Lipinski definition) is 12. The van der Waals surface area contributed by atoms with Crippen LogP contribution in [-0.2, 0) is 33.4 Å². The molecule has 246 valence electrons. The van der Waals surface area contributed by atoms with Gasteiger partial charge in [0.05, 0.1) is 13.4 Å². The first-order valence-electron chi connectivity index (χ1n) is 15.7. The number of H-pyrrole nitrogens is 1. The summed E-state index contributed by atoms with van der Waals surface area (Å²) in [4.78, 5) is 66.6. The SMILES string of the molecule is C1CCNCC1.COC(=O)C1=CC[C@@]23CC[C@@H]([C@@](C)(/C=C/C=C(\C)C(=O)Sc4ncnc5nc[nH]c45)OC2=O)[C@@]3(OC(C)=O)CC1. The van der Waals surface area contributed by atoms with Gasteiger partial charge in [-0.25, -0.2) is 19.7 Å². The quantitative estimate of drug-likeness (QED) is 0.112. The number of allylic oxidation sites excluding steroid dienone is 3. The highest BCUT2D eigenvalue weighted by Crippen LogP contribution is 2.65. The molecule has 0 aromatic carbocycles. The number of ether oxygens (including phenoxy) is 3. The molecule has 2 saturated heterocycles. The van der Waals surface area contributed by atoms with E-state index in [2.05, 4.69) is 25.3 Å². The third kappa shape index (κ3) is 6.39. The lowest BCUT2D eigenvalue weighted by Gasteiger charge is -2.54. The fraction of sp³-hybridized carbons (Fsp3) is 0.545. The van der Waals surface area contributed by atoms with Gasteiger partial charge < -0.3 is 24.5 Å². The molecular formula is C33H41N5O7S. The lowest BCUT2D eigenvalue weighted by Crippen LogP contribution is -2.65. The van der Waals surface area contributed by atoms with E-state index < -0.39 is 34.5 Å². The van der Waals surface area contributed by atoms with Crippen LogP contribution in [0.4, 0.5) is 0 Å². The molecular weight excluding hydrogens is 610 g/mol. The third-order valence-corrected chi connectivity index (χ3v) is 10.6. The van der Waals surface area contributed by atoms with Crippen LogP contribution in [0.25, 0.3) is 11.2 Å². The summed E-state index contributed by atoms with van der Waals surface area (Å²) in [7, 11) is 1.31. The second-order valence-corrected chi connectivity index (χ2v) is 13.3. The number of rotatable bonds is 6. The number of aromatic nitrogens is 4. The van der Waals surface area contributed by atoms with Gasteiger partial charge in [0, 0.05) is 24.0 Å². The highest BCUT2D eigenvalue weighted by molar-refractivity contribution is 8.14. The second kappa shape index (κ2) is 13.9. The Morgan fingerprint density at radius 2 is 1.89 bits per heavy atom. The summed E-state index contributed by atoms with van der Waals surface area (Å²) in [5, 5.41) is 3.54. The molecule has 1 saturated carbocycles. The fourth-order valence-corrected chi connectivity index (χ4v) is 8.00. The van der Waals surface area contributed by atoms with Crippen LogP contribution >= 0.6 is 11.8 Å². The van der Waals surface area contributed by atoms with E-state index in [4.69, 9.17) is 14.2 Å². The molecule has 0 radical (unpaired) electrons. The number of aromatic amines is 1. The van der Waals surface area contributed by atoms with Crippen LogP contribution in [0.3, 0.4) is 0 Å². The predicted molar refractivity (Wildman–Crippen MR) is 170 cm³/mol. The first-order chi connectivity index (χ1) is 22.0. The molecule has 4 heterocycles. The maximum Gasteiger partial charge on any atom is 0.333 e. The van der Waals surface area contributed by atoms with Gasteiger partial charge in [-0.15, -0.1) is 0 Å². The van der Waals surface area contributed by atoms with Gasteiger partial charge in [0.25, 0.3) is 0 Å². The average molecular weight is 652 g/mol. The zero-order chi connectivity index (χ0) is 33.0. The number of hydrogen-bond donors (Lipinski definition) is 2. The lowest BCUT2D eigenvalue weighted by atomic mass is 9.62. The molecule has 0 spiro atoms. The van der Waals surface area contributed by atoms with Crippen LogP contribution in [0.15, 0.2) is 53.1 Å². The number of thioether (sulfide) groups is 1. The van der Waals surface area contributed by atoms with Crippen molar-refractivity contribution in [3.8, 4) is 0 Å². The minimum atomic E-state index is -1.15. The number of cyclic esters (lactones) is 1. The summed E-state index contributed by atoms with van der Waals surface area (Å²) in [5.41, 5.74) is -1.37. The molecule has 2 aliphatic heterocycles. The summed E-state index contributed by atoms with van der Waals surface area (Å²) in [5.74, 6) is -1.76. The number of imidazole rings is 1. The standard InChI is InChI=1S/C28H30N4O7S.C5H11N/c1-16(24(35)40-22-20-21(30-14-29-20)31-15-32-22)6-5-10-26(3)19-9-12-27(25(36)39-26)11-7-18(23(34)37-4)8-13-28(19,27)38-17(2)33;1-2-4-6-5-3-1/h5-7,10,14-15,19H,8-9,11-13H2,1-4H3,(H,29,30,31,32);6H,1-5H2/b10-5+,16-6+;/t19-,26+,27+,28-;/m0./s1. The van der Waals surface area contributed by atoms with Gasteiger partial charge in [-0.1, -0.05) is 24.6 Å². The molecule has 6 rings (SSSR count). The molecule has 3 fully saturated rings. The number of esters is 3. The average Bonchev–Trinajstić information content (AvgIpc) is 3.58. The molecule has 0 unspecified atom stereocenters. The van der Waals surface area contributed by atoms with Crippen molar-refractivity contribution in [2.75, 3.05) is 20.2 Å². The van der Waals surface area contributed by atoms with Crippen molar-refractivity contribution in [2.45, 2.75) is 88.4 Å². The van der Waals surface area contributed by atoms with Crippen molar-refractivity contribution in [3.63, 3.8) is 0 Å². The Morgan fingerprint density at radius 3 is 2.57 bits per heavy atom. The third-order valence-electron chi connectivity index (χ3n) is 9.54. The number of carbonyl (C=O) groups is 4. The van der Waals surface area contributed by atoms with Gasteiger partial charge in [0.1, 0.15) is 33.5 Å². The smallest absolute Gasteiger partial charge is 0.333 e. The number of nitrogens with one attached hydrogen (secondary N) is 2. The Bertz CT molecular complexity index is 1590. The topological polar surface area (TPSA) is 162 Å². The van der Waals surface area contributed by atoms with Crippen molar-refractivity contribution >= 4 is 45.9 Å². The zero-order valence-electron chi connectivity index (χ0n) is 26.7. The van der Waals surface area contributed by atoms with Gasteiger partial charge in [0.2, 0.25) is 5.12 Å². The molecule has 2 aromatic heterocycles. The summed E-state index contributed by atoms with van der Waals surface area (Å²) < 4.78 is 17.1. The Labute approximate surface area is 272 Å². The van der Waals surface area contributed by atoms with Crippen LogP contribution in [0.2, 0.25) is 0 Å². The van der Waals surface area contributed by atoms with E-state index in [1.54, 1.807) is 38.2 Å². The van der Waals surface area contributed by atoms with E-state index in [-0.39, 0.29) is 17.5 Å². The van der Waals surface area contributed by atoms with E-state index in [1.165, 1.54) is 59.0 Å². The Hall–Kier alpha value is -3.84. The molecule has 13 heteroatoms. The summed E-state index contributed by atoms with van der Waals surface area (Å²) >= 11 is 0.960. The Balaban J connectivity index is 0.000000624. The lowest BCUT2D eigenvalue weighted by molar-refractivity contribution is -0.235. The molecule has 2 aliphatic carbocycles. The maximum atomic E-state index is 13.7. The monoisotopic (exact) mass is 651 g/mol. The minimum Gasteiger partial charge on any atom is -0.466 e. The van der Waals surface area contributed by atoms with Crippen molar-refractivity contribution in [3.05, 3.63) is 48.1 Å². The van der Waals surface area contributed by atoms with Gasteiger partial charge in [-0.3, -0.25) is 14.4 Å². The first kappa shape index (κ1) is 33.5. The van der Waals surface area contributed by atoms with Crippen molar-refractivity contribution in [1.29, 1.82) is 0 Å². The van der Waals surface area contributed by atoms with E-state index in [0.717, 1.165) is 11.8 Å². The van der Waals surface area contributed by atoms with E-state index in [1.807, 2.05) is 0 Å². The highest BCUT2D eigenvalue weighted by atomic mass is 32.2. The minimum absolute atomic E-state index is 0.216. The first-order valence-corrected chi connectivity index (χ1v) is 16.5. The van der Waals surface area contributed by atoms with Crippen LogP contribution in [0.5, 0.6) is 0 Å². The van der Waals surface area contributed by atoms with Crippen LogP contribution in [-0.4, -0.2) is 74.4 Å². The molecule has 12 nitrogen and oxygen atoms in total. The van der Waals surface area contributed by atoms with Gasteiger partial charge in [0.15, 0.2) is 5.65 Å². The largest absolute Gasteiger partial charge is 0.466 e. The van der Waals surface area contributed by atoms with Gasteiger partial charge >= 0.3 is 17.9 Å². The zero-order valence-corrected chi connectivity index (χ0v) is 27.5.